The molecule has 1 saturated heterocycles. The van der Waals surface area contributed by atoms with E-state index in [-0.39, 0.29) is 30.3 Å². The van der Waals surface area contributed by atoms with E-state index in [4.69, 9.17) is 5.73 Å². The minimum absolute atomic E-state index is 0.0241. The molecule has 2 aromatic carbocycles. The van der Waals surface area contributed by atoms with Crippen LogP contribution in [0.15, 0.2) is 54.6 Å². The molecule has 1 aliphatic heterocycles. The van der Waals surface area contributed by atoms with Gasteiger partial charge in [-0.05, 0) is 31.0 Å². The number of likely N-dealkylation sites (tertiary alicyclic amines) is 1. The molecule has 0 aliphatic carbocycles. The number of nitrogens with one attached hydrogen (secondary N) is 1. The molecule has 3 rings (SSSR count). The Bertz CT molecular complexity index is 759. The molecule has 1 unspecified atom stereocenters. The van der Waals surface area contributed by atoms with Crippen LogP contribution in [0, 0.1) is 6.92 Å². The normalized spacial score (nSPS) is 17.8. The second kappa shape index (κ2) is 8.15. The number of amides is 2. The van der Waals surface area contributed by atoms with Crippen molar-refractivity contribution in [2.75, 3.05) is 13.1 Å². The van der Waals surface area contributed by atoms with Crippen LogP contribution in [-0.2, 0) is 4.79 Å². The first-order valence-electron chi connectivity index (χ1n) is 8.99. The molecular formula is C21H25N3O2. The van der Waals surface area contributed by atoms with Gasteiger partial charge in [0.15, 0.2) is 0 Å². The van der Waals surface area contributed by atoms with Gasteiger partial charge in [0.1, 0.15) is 0 Å². The molecule has 0 saturated carbocycles. The summed E-state index contributed by atoms with van der Waals surface area (Å²) in [6, 6.07) is 16.7. The van der Waals surface area contributed by atoms with Crippen molar-refractivity contribution in [1.82, 2.24) is 10.2 Å². The maximum absolute atomic E-state index is 12.7. The van der Waals surface area contributed by atoms with Gasteiger partial charge in [0, 0.05) is 24.7 Å². The average molecular weight is 351 g/mol. The van der Waals surface area contributed by atoms with Crippen LogP contribution in [0.2, 0.25) is 0 Å². The van der Waals surface area contributed by atoms with Crippen molar-refractivity contribution in [3.63, 3.8) is 0 Å². The minimum Gasteiger partial charge on any atom is -0.345 e. The van der Waals surface area contributed by atoms with E-state index in [2.05, 4.69) is 5.32 Å². The molecule has 2 atom stereocenters. The van der Waals surface area contributed by atoms with Gasteiger partial charge in [-0.3, -0.25) is 9.59 Å². The van der Waals surface area contributed by atoms with Crippen LogP contribution in [0.3, 0.4) is 0 Å². The Labute approximate surface area is 154 Å². The summed E-state index contributed by atoms with van der Waals surface area (Å²) in [7, 11) is 0. The Balaban J connectivity index is 1.74. The fraction of sp³-hybridized carbons (Fsp3) is 0.333. The molecule has 2 aromatic rings. The summed E-state index contributed by atoms with van der Waals surface area (Å²) in [4.78, 5) is 27.1. The maximum atomic E-state index is 12.7. The highest BCUT2D eigenvalue weighted by Gasteiger charge is 2.27. The molecule has 26 heavy (non-hydrogen) atoms. The largest absolute Gasteiger partial charge is 0.345 e. The van der Waals surface area contributed by atoms with Crippen molar-refractivity contribution < 1.29 is 9.59 Å². The standard InChI is InChI=1S/C21H25N3O2/c1-15-7-9-17(10-8-15)21(26)23-19(16-5-3-2-4-6-16)13-20(25)24-12-11-18(22)14-24/h2-10,18-19H,11-14,22H2,1H3,(H,23,26)/t18-,19?/m1/s1. The second-order valence-electron chi connectivity index (χ2n) is 6.90. The second-order valence-corrected chi connectivity index (χ2v) is 6.90. The topological polar surface area (TPSA) is 75.4 Å². The molecule has 2 amide bonds. The molecule has 1 fully saturated rings. The van der Waals surface area contributed by atoms with Crippen LogP contribution in [0.1, 0.15) is 40.4 Å². The summed E-state index contributed by atoms with van der Waals surface area (Å²) in [6.45, 7) is 3.26. The number of carbonyl (C=O) groups excluding carboxylic acids is 2. The van der Waals surface area contributed by atoms with Crippen molar-refractivity contribution in [1.29, 1.82) is 0 Å². The molecular weight excluding hydrogens is 326 g/mol. The number of hydrogen-bond donors (Lipinski definition) is 2. The molecule has 1 aliphatic rings. The predicted octanol–water partition coefficient (Wildman–Crippen LogP) is 2.42. The van der Waals surface area contributed by atoms with E-state index in [1.54, 1.807) is 17.0 Å². The lowest BCUT2D eigenvalue weighted by Crippen LogP contribution is -2.36. The lowest BCUT2D eigenvalue weighted by Gasteiger charge is -2.23. The van der Waals surface area contributed by atoms with Crippen LogP contribution in [0.25, 0.3) is 0 Å². The minimum atomic E-state index is -0.366. The van der Waals surface area contributed by atoms with Gasteiger partial charge in [0.05, 0.1) is 12.5 Å². The third kappa shape index (κ3) is 4.49. The summed E-state index contributed by atoms with van der Waals surface area (Å²) in [6.07, 6.45) is 1.06. The summed E-state index contributed by atoms with van der Waals surface area (Å²) in [5.74, 6) is -0.152. The number of rotatable bonds is 5. The molecule has 0 aromatic heterocycles. The molecule has 5 heteroatoms. The third-order valence-corrected chi connectivity index (χ3v) is 4.78. The highest BCUT2D eigenvalue weighted by atomic mass is 16.2. The van der Waals surface area contributed by atoms with Gasteiger partial charge in [-0.15, -0.1) is 0 Å². The van der Waals surface area contributed by atoms with Crippen molar-refractivity contribution in [2.45, 2.75) is 31.8 Å². The maximum Gasteiger partial charge on any atom is 0.251 e. The number of benzene rings is 2. The van der Waals surface area contributed by atoms with Crippen LogP contribution in [-0.4, -0.2) is 35.8 Å². The summed E-state index contributed by atoms with van der Waals surface area (Å²) in [5, 5.41) is 3.02. The van der Waals surface area contributed by atoms with Crippen molar-refractivity contribution >= 4 is 11.8 Å². The lowest BCUT2D eigenvalue weighted by molar-refractivity contribution is -0.130. The van der Waals surface area contributed by atoms with Gasteiger partial charge < -0.3 is 16.0 Å². The number of nitrogens with two attached hydrogens (primary N) is 1. The number of nitrogens with zero attached hydrogens (tertiary/aromatic N) is 1. The van der Waals surface area contributed by atoms with E-state index in [1.165, 1.54) is 0 Å². The first kappa shape index (κ1) is 18.1. The average Bonchev–Trinajstić information content (AvgIpc) is 3.09. The fourth-order valence-corrected chi connectivity index (χ4v) is 3.20. The van der Waals surface area contributed by atoms with Gasteiger partial charge in [0.2, 0.25) is 5.91 Å². The SMILES string of the molecule is Cc1ccc(C(=O)NC(CC(=O)N2CC[C@@H](N)C2)c2ccccc2)cc1. The highest BCUT2D eigenvalue weighted by molar-refractivity contribution is 5.94. The summed E-state index contributed by atoms with van der Waals surface area (Å²) >= 11 is 0. The van der Waals surface area contributed by atoms with Crippen molar-refractivity contribution in [2.24, 2.45) is 5.73 Å². The molecule has 3 N–H and O–H groups in total. The van der Waals surface area contributed by atoms with Gasteiger partial charge >= 0.3 is 0 Å². The Morgan fingerprint density at radius 2 is 1.85 bits per heavy atom. The first-order chi connectivity index (χ1) is 12.5. The zero-order valence-electron chi connectivity index (χ0n) is 15.0. The van der Waals surface area contributed by atoms with E-state index < -0.39 is 0 Å². The van der Waals surface area contributed by atoms with Gasteiger partial charge in [0.25, 0.3) is 5.91 Å². The van der Waals surface area contributed by atoms with Crippen LogP contribution in [0.4, 0.5) is 0 Å². The van der Waals surface area contributed by atoms with Crippen molar-refractivity contribution in [3.05, 3.63) is 71.3 Å². The van der Waals surface area contributed by atoms with Crippen LogP contribution < -0.4 is 11.1 Å². The Morgan fingerprint density at radius 3 is 2.46 bits per heavy atom. The highest BCUT2D eigenvalue weighted by Crippen LogP contribution is 2.20. The van der Waals surface area contributed by atoms with E-state index >= 15 is 0 Å². The summed E-state index contributed by atoms with van der Waals surface area (Å²) in [5.41, 5.74) is 8.52. The molecule has 0 radical (unpaired) electrons. The van der Waals surface area contributed by atoms with E-state index in [9.17, 15) is 9.59 Å². The van der Waals surface area contributed by atoms with Gasteiger partial charge in [-0.25, -0.2) is 0 Å². The van der Waals surface area contributed by atoms with Crippen LogP contribution >= 0.6 is 0 Å². The zero-order chi connectivity index (χ0) is 18.5. The first-order valence-corrected chi connectivity index (χ1v) is 8.99. The number of hydrogen-bond acceptors (Lipinski definition) is 3. The molecule has 5 nitrogen and oxygen atoms in total. The van der Waals surface area contributed by atoms with E-state index in [0.29, 0.717) is 18.7 Å². The number of aryl methyl sites for hydroxylation is 1. The van der Waals surface area contributed by atoms with Crippen molar-refractivity contribution in [3.8, 4) is 0 Å². The quantitative estimate of drug-likeness (QED) is 0.869. The number of carbonyl (C=O) groups is 2. The predicted molar refractivity (Wildman–Crippen MR) is 102 cm³/mol. The van der Waals surface area contributed by atoms with Gasteiger partial charge in [-0.2, -0.15) is 0 Å². The lowest BCUT2D eigenvalue weighted by atomic mass is 10.0. The smallest absolute Gasteiger partial charge is 0.251 e. The van der Waals surface area contributed by atoms with Crippen LogP contribution in [0.5, 0.6) is 0 Å². The fourth-order valence-electron chi connectivity index (χ4n) is 3.20. The molecule has 0 bridgehead atoms. The molecule has 1 heterocycles. The Morgan fingerprint density at radius 1 is 1.15 bits per heavy atom. The Kier molecular flexibility index (Phi) is 5.68. The molecule has 136 valence electrons. The monoisotopic (exact) mass is 351 g/mol. The van der Waals surface area contributed by atoms with Gasteiger partial charge in [-0.1, -0.05) is 48.0 Å². The van der Waals surface area contributed by atoms with E-state index in [0.717, 1.165) is 17.5 Å². The Hall–Kier alpha value is -2.66. The molecule has 0 spiro atoms. The van der Waals surface area contributed by atoms with E-state index in [1.807, 2.05) is 49.4 Å². The zero-order valence-corrected chi connectivity index (χ0v) is 15.0. The third-order valence-electron chi connectivity index (χ3n) is 4.78. The summed E-state index contributed by atoms with van der Waals surface area (Å²) < 4.78 is 0.